The zero-order chi connectivity index (χ0) is 18.0. The molecule has 0 saturated carbocycles. The average Bonchev–Trinajstić information content (AvgIpc) is 3.10. The van der Waals surface area contributed by atoms with E-state index in [1.54, 1.807) is 0 Å². The molecule has 0 aromatic heterocycles. The van der Waals surface area contributed by atoms with Crippen LogP contribution in [-0.2, 0) is 25.4 Å². The Balaban J connectivity index is 1.63. The Morgan fingerprint density at radius 2 is 2.00 bits per heavy atom. The molecule has 2 aliphatic heterocycles. The van der Waals surface area contributed by atoms with Gasteiger partial charge in [0.25, 0.3) is 0 Å². The SMILES string of the molecule is C[C@H](C[C@@H]1COC(C)(C)O1)C(=O)N1C(=O)OC[C@H]1Cc1ccccc1. The third kappa shape index (κ3) is 4.19. The van der Waals surface area contributed by atoms with Crippen LogP contribution in [0, 0.1) is 5.92 Å². The molecule has 3 rings (SSSR count). The van der Waals surface area contributed by atoms with E-state index in [0.29, 0.717) is 19.4 Å². The molecule has 2 fully saturated rings. The summed E-state index contributed by atoms with van der Waals surface area (Å²) in [5, 5.41) is 0. The summed E-state index contributed by atoms with van der Waals surface area (Å²) in [5.41, 5.74) is 1.07. The highest BCUT2D eigenvalue weighted by atomic mass is 16.7. The Kier molecular flexibility index (Phi) is 5.11. The Morgan fingerprint density at radius 3 is 2.64 bits per heavy atom. The fourth-order valence-electron chi connectivity index (χ4n) is 3.38. The van der Waals surface area contributed by atoms with Crippen molar-refractivity contribution in [2.45, 2.75) is 51.5 Å². The van der Waals surface area contributed by atoms with Crippen molar-refractivity contribution in [1.29, 1.82) is 0 Å². The van der Waals surface area contributed by atoms with Gasteiger partial charge in [-0.05, 0) is 32.3 Å². The molecule has 3 atom stereocenters. The lowest BCUT2D eigenvalue weighted by atomic mass is 10.00. The second kappa shape index (κ2) is 7.14. The third-order valence-electron chi connectivity index (χ3n) is 4.62. The van der Waals surface area contributed by atoms with Gasteiger partial charge in [-0.15, -0.1) is 0 Å². The van der Waals surface area contributed by atoms with Crippen molar-refractivity contribution in [3.8, 4) is 0 Å². The molecular weight excluding hydrogens is 322 g/mol. The summed E-state index contributed by atoms with van der Waals surface area (Å²) in [4.78, 5) is 26.2. The number of imide groups is 1. The maximum Gasteiger partial charge on any atom is 0.416 e. The molecule has 0 bridgehead atoms. The van der Waals surface area contributed by atoms with Gasteiger partial charge in [-0.3, -0.25) is 4.79 Å². The second-order valence-corrected chi connectivity index (χ2v) is 7.22. The summed E-state index contributed by atoms with van der Waals surface area (Å²) < 4.78 is 16.4. The van der Waals surface area contributed by atoms with Crippen LogP contribution in [0.4, 0.5) is 4.79 Å². The first-order valence-corrected chi connectivity index (χ1v) is 8.71. The van der Waals surface area contributed by atoms with Gasteiger partial charge >= 0.3 is 6.09 Å². The molecule has 25 heavy (non-hydrogen) atoms. The smallest absolute Gasteiger partial charge is 0.416 e. The summed E-state index contributed by atoms with van der Waals surface area (Å²) in [7, 11) is 0. The van der Waals surface area contributed by atoms with Crippen LogP contribution >= 0.6 is 0 Å². The highest BCUT2D eigenvalue weighted by molar-refractivity contribution is 5.94. The van der Waals surface area contributed by atoms with Gasteiger partial charge in [-0.1, -0.05) is 37.3 Å². The standard InChI is InChI=1S/C19H25NO5/c1-13(9-16-12-24-19(2,3)25-16)17(21)20-15(11-23-18(20)22)10-14-7-5-4-6-8-14/h4-8,13,15-16H,9-12H2,1-3H3/t13-,15-,16-/m1/s1. The molecular formula is C19H25NO5. The van der Waals surface area contributed by atoms with Crippen molar-refractivity contribution in [1.82, 2.24) is 4.90 Å². The Labute approximate surface area is 148 Å². The highest BCUT2D eigenvalue weighted by Gasteiger charge is 2.41. The Morgan fingerprint density at radius 1 is 1.28 bits per heavy atom. The van der Waals surface area contributed by atoms with Crippen LogP contribution in [-0.4, -0.2) is 48.0 Å². The van der Waals surface area contributed by atoms with Gasteiger partial charge in [0.05, 0.1) is 18.8 Å². The second-order valence-electron chi connectivity index (χ2n) is 7.22. The van der Waals surface area contributed by atoms with Gasteiger partial charge in [0.15, 0.2) is 5.79 Å². The number of benzene rings is 1. The van der Waals surface area contributed by atoms with E-state index in [1.165, 1.54) is 4.90 Å². The fraction of sp³-hybridized carbons (Fsp3) is 0.579. The molecule has 0 spiro atoms. The Bertz CT molecular complexity index is 630. The molecule has 2 saturated heterocycles. The van der Waals surface area contributed by atoms with Crippen LogP contribution in [0.15, 0.2) is 30.3 Å². The highest BCUT2D eigenvalue weighted by Crippen LogP contribution is 2.28. The lowest BCUT2D eigenvalue weighted by Crippen LogP contribution is -2.43. The number of ether oxygens (including phenoxy) is 3. The number of nitrogens with zero attached hydrogens (tertiary/aromatic N) is 1. The summed E-state index contributed by atoms with van der Waals surface area (Å²) in [6.07, 6.45) is 0.424. The number of amides is 2. The topological polar surface area (TPSA) is 65.1 Å². The van der Waals surface area contributed by atoms with E-state index in [4.69, 9.17) is 14.2 Å². The zero-order valence-electron chi connectivity index (χ0n) is 14.9. The molecule has 0 N–H and O–H groups in total. The van der Waals surface area contributed by atoms with Gasteiger partial charge in [-0.25, -0.2) is 9.69 Å². The molecule has 0 unspecified atom stereocenters. The van der Waals surface area contributed by atoms with E-state index < -0.39 is 11.9 Å². The fourth-order valence-corrected chi connectivity index (χ4v) is 3.38. The van der Waals surface area contributed by atoms with Gasteiger partial charge in [-0.2, -0.15) is 0 Å². The number of hydrogen-bond donors (Lipinski definition) is 0. The Hall–Kier alpha value is -1.92. The maximum absolute atomic E-state index is 12.8. The van der Waals surface area contributed by atoms with Crippen molar-refractivity contribution >= 4 is 12.0 Å². The van der Waals surface area contributed by atoms with E-state index in [9.17, 15) is 9.59 Å². The first-order valence-electron chi connectivity index (χ1n) is 8.71. The monoisotopic (exact) mass is 347 g/mol. The van der Waals surface area contributed by atoms with Crippen molar-refractivity contribution in [3.63, 3.8) is 0 Å². The van der Waals surface area contributed by atoms with Crippen LogP contribution in [0.1, 0.15) is 32.8 Å². The predicted molar refractivity (Wildman–Crippen MR) is 90.8 cm³/mol. The number of carbonyl (C=O) groups is 2. The lowest BCUT2D eigenvalue weighted by molar-refractivity contribution is -0.144. The van der Waals surface area contributed by atoms with Gasteiger partial charge < -0.3 is 14.2 Å². The number of carbonyl (C=O) groups excluding carboxylic acids is 2. The van der Waals surface area contributed by atoms with Crippen LogP contribution in [0.2, 0.25) is 0 Å². The van der Waals surface area contributed by atoms with Crippen molar-refractivity contribution < 1.29 is 23.8 Å². The molecule has 6 nitrogen and oxygen atoms in total. The predicted octanol–water partition coefficient (Wildman–Crippen LogP) is 2.75. The molecule has 1 aromatic carbocycles. The van der Waals surface area contributed by atoms with Crippen LogP contribution in [0.5, 0.6) is 0 Å². The summed E-state index contributed by atoms with van der Waals surface area (Å²) in [6, 6.07) is 9.54. The van der Waals surface area contributed by atoms with Crippen LogP contribution in [0.25, 0.3) is 0 Å². The van der Waals surface area contributed by atoms with E-state index in [2.05, 4.69) is 0 Å². The van der Waals surface area contributed by atoms with Crippen molar-refractivity contribution in [2.24, 2.45) is 5.92 Å². The minimum absolute atomic E-state index is 0.139. The summed E-state index contributed by atoms with van der Waals surface area (Å²) in [5.74, 6) is -1.17. The molecule has 0 aliphatic carbocycles. The molecule has 1 aromatic rings. The van der Waals surface area contributed by atoms with Crippen molar-refractivity contribution in [3.05, 3.63) is 35.9 Å². The van der Waals surface area contributed by atoms with E-state index in [1.807, 2.05) is 51.1 Å². The molecule has 2 amide bonds. The molecule has 6 heteroatoms. The van der Waals surface area contributed by atoms with Crippen molar-refractivity contribution in [2.75, 3.05) is 13.2 Å². The third-order valence-corrected chi connectivity index (χ3v) is 4.62. The number of rotatable bonds is 5. The minimum atomic E-state index is -0.615. The number of cyclic esters (lactones) is 1. The first kappa shape index (κ1) is 17.9. The quantitative estimate of drug-likeness (QED) is 0.819. The van der Waals surface area contributed by atoms with E-state index in [0.717, 1.165) is 5.56 Å². The van der Waals surface area contributed by atoms with E-state index >= 15 is 0 Å². The summed E-state index contributed by atoms with van der Waals surface area (Å²) >= 11 is 0. The van der Waals surface area contributed by atoms with Gasteiger partial charge in [0, 0.05) is 5.92 Å². The molecule has 2 heterocycles. The van der Waals surface area contributed by atoms with Crippen LogP contribution < -0.4 is 0 Å². The van der Waals surface area contributed by atoms with Gasteiger partial charge in [0.2, 0.25) is 5.91 Å². The first-order chi connectivity index (χ1) is 11.9. The zero-order valence-corrected chi connectivity index (χ0v) is 14.9. The molecule has 136 valence electrons. The lowest BCUT2D eigenvalue weighted by Gasteiger charge is -2.24. The normalized spacial score (nSPS) is 26.5. The largest absolute Gasteiger partial charge is 0.447 e. The molecule has 0 radical (unpaired) electrons. The summed E-state index contributed by atoms with van der Waals surface area (Å²) in [6.45, 7) is 6.23. The molecule has 2 aliphatic rings. The average molecular weight is 347 g/mol. The number of hydrogen-bond acceptors (Lipinski definition) is 5. The van der Waals surface area contributed by atoms with E-state index in [-0.39, 0.29) is 30.6 Å². The van der Waals surface area contributed by atoms with Gasteiger partial charge in [0.1, 0.15) is 6.61 Å². The maximum atomic E-state index is 12.8. The van der Waals surface area contributed by atoms with Crippen LogP contribution in [0.3, 0.4) is 0 Å². The minimum Gasteiger partial charge on any atom is -0.447 e.